The Bertz CT molecular complexity index is 144. The van der Waals surface area contributed by atoms with Crippen molar-refractivity contribution in [2.75, 3.05) is 20.1 Å². The fourth-order valence-electron chi connectivity index (χ4n) is 1.02. The molecule has 0 bridgehead atoms. The standard InChI is InChI=1S/C10H22N2/c1-9(2)8-12(5)7-6-10(3,4)11/h1,6-8,11H2,2-5H3. The molecule has 0 aromatic carbocycles. The molecule has 0 aliphatic rings. The lowest BCUT2D eigenvalue weighted by atomic mass is 10.0. The van der Waals surface area contributed by atoms with E-state index in [1.807, 2.05) is 6.92 Å². The minimum absolute atomic E-state index is 0.0522. The van der Waals surface area contributed by atoms with Gasteiger partial charge in [-0.25, -0.2) is 0 Å². The van der Waals surface area contributed by atoms with Crippen molar-refractivity contribution in [3.05, 3.63) is 12.2 Å². The molecule has 0 saturated carbocycles. The second kappa shape index (κ2) is 4.63. The normalized spacial score (nSPS) is 12.2. The second-order valence-corrected chi connectivity index (χ2v) is 4.43. The lowest BCUT2D eigenvalue weighted by Gasteiger charge is -2.23. The molecular weight excluding hydrogens is 148 g/mol. The fourth-order valence-corrected chi connectivity index (χ4v) is 1.02. The molecule has 0 aliphatic carbocycles. The molecule has 0 aromatic heterocycles. The summed E-state index contributed by atoms with van der Waals surface area (Å²) in [7, 11) is 2.10. The Labute approximate surface area is 76.4 Å². The molecule has 0 unspecified atom stereocenters. The van der Waals surface area contributed by atoms with Crippen LogP contribution >= 0.6 is 0 Å². The number of rotatable bonds is 5. The van der Waals surface area contributed by atoms with Gasteiger partial charge in [0.2, 0.25) is 0 Å². The summed E-state index contributed by atoms with van der Waals surface area (Å²) < 4.78 is 0. The van der Waals surface area contributed by atoms with E-state index >= 15 is 0 Å². The van der Waals surface area contributed by atoms with Gasteiger partial charge in [-0.2, -0.15) is 0 Å². The maximum Gasteiger partial charge on any atom is 0.0184 e. The van der Waals surface area contributed by atoms with Gasteiger partial charge < -0.3 is 10.6 Å². The van der Waals surface area contributed by atoms with Gasteiger partial charge in [-0.05, 0) is 40.8 Å². The van der Waals surface area contributed by atoms with Gasteiger partial charge in [-0.1, -0.05) is 12.2 Å². The summed E-state index contributed by atoms with van der Waals surface area (Å²) in [5.74, 6) is 0. The van der Waals surface area contributed by atoms with E-state index in [2.05, 4.69) is 32.4 Å². The van der Waals surface area contributed by atoms with Crippen LogP contribution in [0.1, 0.15) is 27.2 Å². The molecule has 0 fully saturated rings. The predicted octanol–water partition coefficient (Wildman–Crippen LogP) is 1.62. The molecule has 0 saturated heterocycles. The van der Waals surface area contributed by atoms with Gasteiger partial charge in [0, 0.05) is 12.1 Å². The Morgan fingerprint density at radius 2 is 2.00 bits per heavy atom. The van der Waals surface area contributed by atoms with E-state index in [-0.39, 0.29) is 5.54 Å². The highest BCUT2D eigenvalue weighted by Gasteiger charge is 2.11. The molecule has 0 rings (SSSR count). The molecule has 2 nitrogen and oxygen atoms in total. The van der Waals surface area contributed by atoms with Crippen molar-refractivity contribution >= 4 is 0 Å². The fraction of sp³-hybridized carbons (Fsp3) is 0.800. The van der Waals surface area contributed by atoms with Gasteiger partial charge >= 0.3 is 0 Å². The first-order valence-electron chi connectivity index (χ1n) is 4.43. The zero-order valence-corrected chi connectivity index (χ0v) is 8.85. The minimum atomic E-state index is -0.0522. The van der Waals surface area contributed by atoms with E-state index in [0.29, 0.717) is 0 Å². The molecule has 0 atom stereocenters. The van der Waals surface area contributed by atoms with Gasteiger partial charge in [0.15, 0.2) is 0 Å². The van der Waals surface area contributed by atoms with E-state index in [1.54, 1.807) is 0 Å². The molecule has 12 heavy (non-hydrogen) atoms. The number of hydrogen-bond donors (Lipinski definition) is 1. The minimum Gasteiger partial charge on any atom is -0.326 e. The number of nitrogens with zero attached hydrogens (tertiary/aromatic N) is 1. The molecule has 2 N–H and O–H groups in total. The summed E-state index contributed by atoms with van der Waals surface area (Å²) >= 11 is 0. The van der Waals surface area contributed by atoms with Crippen LogP contribution in [-0.4, -0.2) is 30.6 Å². The smallest absolute Gasteiger partial charge is 0.0184 e. The van der Waals surface area contributed by atoms with Crippen molar-refractivity contribution < 1.29 is 0 Å². The molecule has 0 spiro atoms. The van der Waals surface area contributed by atoms with Crippen LogP contribution in [0.5, 0.6) is 0 Å². The van der Waals surface area contributed by atoms with Crippen LogP contribution in [0.3, 0.4) is 0 Å². The highest BCUT2D eigenvalue weighted by molar-refractivity contribution is 4.91. The summed E-state index contributed by atoms with van der Waals surface area (Å²) in [5, 5.41) is 0. The highest BCUT2D eigenvalue weighted by atomic mass is 15.1. The van der Waals surface area contributed by atoms with Crippen molar-refractivity contribution in [3.8, 4) is 0 Å². The van der Waals surface area contributed by atoms with E-state index in [4.69, 9.17) is 5.73 Å². The van der Waals surface area contributed by atoms with Gasteiger partial charge in [0.05, 0.1) is 0 Å². The van der Waals surface area contributed by atoms with Crippen molar-refractivity contribution in [3.63, 3.8) is 0 Å². The van der Waals surface area contributed by atoms with Crippen LogP contribution in [0.25, 0.3) is 0 Å². The Hall–Kier alpha value is -0.340. The zero-order chi connectivity index (χ0) is 9.78. The lowest BCUT2D eigenvalue weighted by molar-refractivity contribution is 0.315. The van der Waals surface area contributed by atoms with E-state index in [9.17, 15) is 0 Å². The molecule has 0 heterocycles. The Morgan fingerprint density at radius 3 is 2.33 bits per heavy atom. The Kier molecular flexibility index (Phi) is 4.50. The first-order valence-corrected chi connectivity index (χ1v) is 4.43. The molecule has 0 aromatic rings. The van der Waals surface area contributed by atoms with Gasteiger partial charge in [-0.3, -0.25) is 0 Å². The second-order valence-electron chi connectivity index (χ2n) is 4.43. The largest absolute Gasteiger partial charge is 0.326 e. The topological polar surface area (TPSA) is 29.3 Å². The molecule has 2 heteroatoms. The monoisotopic (exact) mass is 170 g/mol. The van der Waals surface area contributed by atoms with Crippen molar-refractivity contribution in [1.29, 1.82) is 0 Å². The molecule has 0 radical (unpaired) electrons. The lowest BCUT2D eigenvalue weighted by Crippen LogP contribution is -2.36. The van der Waals surface area contributed by atoms with Crippen molar-refractivity contribution in [1.82, 2.24) is 4.90 Å². The zero-order valence-electron chi connectivity index (χ0n) is 8.85. The average molecular weight is 170 g/mol. The number of likely N-dealkylation sites (N-methyl/N-ethyl adjacent to an activating group) is 1. The third-order valence-corrected chi connectivity index (χ3v) is 1.68. The molecule has 0 aliphatic heterocycles. The van der Waals surface area contributed by atoms with E-state index in [0.717, 1.165) is 19.5 Å². The van der Waals surface area contributed by atoms with Crippen LogP contribution in [0, 0.1) is 0 Å². The van der Waals surface area contributed by atoms with Crippen LogP contribution < -0.4 is 5.73 Å². The highest BCUT2D eigenvalue weighted by Crippen LogP contribution is 2.04. The first-order chi connectivity index (χ1) is 5.31. The molecular formula is C10H22N2. The summed E-state index contributed by atoms with van der Waals surface area (Å²) in [6.45, 7) is 12.0. The maximum absolute atomic E-state index is 5.87. The summed E-state index contributed by atoms with van der Waals surface area (Å²) in [5.41, 5.74) is 7.01. The Balaban J connectivity index is 3.57. The predicted molar refractivity (Wildman–Crippen MR) is 55.2 cm³/mol. The average Bonchev–Trinajstić information content (AvgIpc) is 1.80. The molecule has 72 valence electrons. The summed E-state index contributed by atoms with van der Waals surface area (Å²) in [4.78, 5) is 2.25. The maximum atomic E-state index is 5.87. The summed E-state index contributed by atoms with van der Waals surface area (Å²) in [6.07, 6.45) is 1.02. The van der Waals surface area contributed by atoms with Crippen LogP contribution in [-0.2, 0) is 0 Å². The van der Waals surface area contributed by atoms with Crippen LogP contribution in [0.2, 0.25) is 0 Å². The third-order valence-electron chi connectivity index (χ3n) is 1.68. The van der Waals surface area contributed by atoms with Gasteiger partial charge in [0.25, 0.3) is 0 Å². The third kappa shape index (κ3) is 7.76. The first kappa shape index (κ1) is 11.7. The van der Waals surface area contributed by atoms with E-state index in [1.165, 1.54) is 5.57 Å². The van der Waals surface area contributed by atoms with Crippen molar-refractivity contribution in [2.24, 2.45) is 5.73 Å². The molecule has 0 amide bonds. The quantitative estimate of drug-likeness (QED) is 0.635. The number of hydrogen-bond acceptors (Lipinski definition) is 2. The van der Waals surface area contributed by atoms with Crippen LogP contribution in [0.4, 0.5) is 0 Å². The van der Waals surface area contributed by atoms with Gasteiger partial charge in [-0.15, -0.1) is 0 Å². The summed E-state index contributed by atoms with van der Waals surface area (Å²) in [6, 6.07) is 0. The Morgan fingerprint density at radius 1 is 1.50 bits per heavy atom. The van der Waals surface area contributed by atoms with Crippen molar-refractivity contribution in [2.45, 2.75) is 32.7 Å². The van der Waals surface area contributed by atoms with Crippen LogP contribution in [0.15, 0.2) is 12.2 Å². The number of nitrogens with two attached hydrogens (primary N) is 1. The SMILES string of the molecule is C=C(C)CN(C)CCC(C)(C)N. The van der Waals surface area contributed by atoms with E-state index < -0.39 is 0 Å². The van der Waals surface area contributed by atoms with Gasteiger partial charge in [0.1, 0.15) is 0 Å².